The van der Waals surface area contributed by atoms with Gasteiger partial charge >= 0.3 is 0 Å². The Balaban J connectivity index is 2.23. The lowest BCUT2D eigenvalue weighted by molar-refractivity contribution is 1.08. The molecule has 0 aliphatic heterocycles. The zero-order valence-electron chi connectivity index (χ0n) is 7.44. The lowest BCUT2D eigenvalue weighted by Crippen LogP contribution is -1.88. The summed E-state index contributed by atoms with van der Waals surface area (Å²) < 4.78 is 2.01. The zero-order chi connectivity index (χ0) is 9.38. The van der Waals surface area contributed by atoms with Gasteiger partial charge in [-0.1, -0.05) is 0 Å². The van der Waals surface area contributed by atoms with Crippen molar-refractivity contribution in [1.29, 1.82) is 0 Å². The Morgan fingerprint density at radius 3 is 3.21 bits per heavy atom. The summed E-state index contributed by atoms with van der Waals surface area (Å²) >= 11 is 0. The fourth-order valence-electron chi connectivity index (χ4n) is 1.54. The second-order valence-corrected chi connectivity index (χ2v) is 3.16. The normalized spacial score (nSPS) is 10.9. The fraction of sp³-hybridized carbons (Fsp3) is 0. The van der Waals surface area contributed by atoms with Gasteiger partial charge in [0.05, 0.1) is 11.7 Å². The van der Waals surface area contributed by atoms with Gasteiger partial charge in [-0.2, -0.15) is 5.10 Å². The molecule has 1 radical (unpaired) electrons. The lowest BCUT2D eigenvalue weighted by Gasteiger charge is -2.01. The van der Waals surface area contributed by atoms with Gasteiger partial charge < -0.3 is 4.57 Å². The van der Waals surface area contributed by atoms with Crippen LogP contribution in [0.15, 0.2) is 42.9 Å². The van der Waals surface area contributed by atoms with Crippen molar-refractivity contribution < 1.29 is 0 Å². The number of aromatic amines is 1. The average Bonchev–Trinajstić information content (AvgIpc) is 2.88. The topological polar surface area (TPSA) is 33.6 Å². The molecule has 0 fully saturated rings. The number of rotatable bonds is 1. The van der Waals surface area contributed by atoms with E-state index in [9.17, 15) is 0 Å². The fourth-order valence-corrected chi connectivity index (χ4v) is 1.54. The third-order valence-electron chi connectivity index (χ3n) is 2.27. The van der Waals surface area contributed by atoms with Gasteiger partial charge in [-0.05, 0) is 24.3 Å². The Bertz CT molecular complexity index is 549. The molecule has 0 spiro atoms. The van der Waals surface area contributed by atoms with Crippen LogP contribution in [-0.4, -0.2) is 14.8 Å². The van der Waals surface area contributed by atoms with E-state index in [0.29, 0.717) is 0 Å². The molecule has 2 aromatic heterocycles. The molecule has 0 amide bonds. The standard InChI is InChI=1S/C11H8N3/c1-2-6-14(5-1)10-4-3-9-8-12-13-11(9)7-10/h1,3-8H,(H,12,13). The van der Waals surface area contributed by atoms with Gasteiger partial charge in [-0.3, -0.25) is 5.10 Å². The maximum atomic E-state index is 3.98. The van der Waals surface area contributed by atoms with Crippen LogP contribution in [0.3, 0.4) is 0 Å². The van der Waals surface area contributed by atoms with Crippen molar-refractivity contribution in [2.24, 2.45) is 0 Å². The summed E-state index contributed by atoms with van der Waals surface area (Å²) in [5.74, 6) is 0. The van der Waals surface area contributed by atoms with Gasteiger partial charge in [0.25, 0.3) is 0 Å². The molecule has 0 unspecified atom stereocenters. The number of hydrogen-bond donors (Lipinski definition) is 1. The molecule has 0 saturated carbocycles. The van der Waals surface area contributed by atoms with Crippen molar-refractivity contribution in [1.82, 2.24) is 14.8 Å². The minimum atomic E-state index is 1.05. The van der Waals surface area contributed by atoms with E-state index in [-0.39, 0.29) is 0 Å². The first-order valence-corrected chi connectivity index (χ1v) is 4.41. The molecule has 0 atom stereocenters. The first kappa shape index (κ1) is 7.38. The minimum absolute atomic E-state index is 1.05. The monoisotopic (exact) mass is 182 g/mol. The van der Waals surface area contributed by atoms with Crippen molar-refractivity contribution in [3.63, 3.8) is 0 Å². The number of hydrogen-bond acceptors (Lipinski definition) is 1. The highest BCUT2D eigenvalue weighted by Gasteiger charge is 1.98. The molecule has 0 aliphatic carbocycles. The van der Waals surface area contributed by atoms with Crippen LogP contribution in [0.4, 0.5) is 0 Å². The average molecular weight is 182 g/mol. The molecule has 14 heavy (non-hydrogen) atoms. The van der Waals surface area contributed by atoms with Crippen molar-refractivity contribution in [3.8, 4) is 5.69 Å². The highest BCUT2D eigenvalue weighted by atomic mass is 15.1. The molecule has 67 valence electrons. The summed E-state index contributed by atoms with van der Waals surface area (Å²) in [4.78, 5) is 0. The highest BCUT2D eigenvalue weighted by molar-refractivity contribution is 5.79. The third-order valence-corrected chi connectivity index (χ3v) is 2.27. The van der Waals surface area contributed by atoms with Gasteiger partial charge in [-0.15, -0.1) is 0 Å². The van der Waals surface area contributed by atoms with Crippen LogP contribution in [0.5, 0.6) is 0 Å². The number of fused-ring (bicyclic) bond motifs is 1. The quantitative estimate of drug-likeness (QED) is 0.614. The maximum absolute atomic E-state index is 3.98. The summed E-state index contributed by atoms with van der Waals surface area (Å²) in [6.45, 7) is 0. The zero-order valence-corrected chi connectivity index (χ0v) is 7.44. The van der Waals surface area contributed by atoms with Crippen molar-refractivity contribution in [3.05, 3.63) is 48.9 Å². The number of nitrogens with one attached hydrogen (secondary N) is 1. The van der Waals surface area contributed by atoms with Crippen LogP contribution in [0.2, 0.25) is 0 Å². The molecule has 2 heterocycles. The number of nitrogens with zero attached hydrogens (tertiary/aromatic N) is 2. The summed E-state index contributed by atoms with van der Waals surface area (Å²) in [5, 5.41) is 8.06. The first-order valence-electron chi connectivity index (χ1n) is 4.41. The summed E-state index contributed by atoms with van der Waals surface area (Å²) in [6.07, 6.45) is 5.69. The van der Waals surface area contributed by atoms with Crippen LogP contribution in [0.1, 0.15) is 0 Å². The Morgan fingerprint density at radius 1 is 1.36 bits per heavy atom. The maximum Gasteiger partial charge on any atom is 0.0671 e. The second kappa shape index (κ2) is 2.73. The molecule has 0 bridgehead atoms. The van der Waals surface area contributed by atoms with E-state index >= 15 is 0 Å². The molecule has 3 aromatic rings. The molecule has 3 rings (SSSR count). The van der Waals surface area contributed by atoms with Gasteiger partial charge in [0.1, 0.15) is 0 Å². The molecular weight excluding hydrogens is 174 g/mol. The van der Waals surface area contributed by atoms with E-state index in [2.05, 4.69) is 28.4 Å². The van der Waals surface area contributed by atoms with Crippen molar-refractivity contribution in [2.45, 2.75) is 0 Å². The van der Waals surface area contributed by atoms with Gasteiger partial charge in [0.15, 0.2) is 0 Å². The summed E-state index contributed by atoms with van der Waals surface area (Å²) in [6, 6.07) is 11.1. The van der Waals surface area contributed by atoms with Gasteiger partial charge in [0, 0.05) is 29.5 Å². The second-order valence-electron chi connectivity index (χ2n) is 3.16. The molecule has 0 aliphatic rings. The molecular formula is C11H8N3. The summed E-state index contributed by atoms with van der Waals surface area (Å²) in [5.41, 5.74) is 2.17. The Hall–Kier alpha value is -2.03. The van der Waals surface area contributed by atoms with Gasteiger partial charge in [0.2, 0.25) is 0 Å². The Kier molecular flexibility index (Phi) is 1.44. The number of H-pyrrole nitrogens is 1. The molecule has 1 aromatic carbocycles. The SMILES string of the molecule is [c]1ccn(-c2ccc3cn[nH]c3c2)c1. The van der Waals surface area contributed by atoms with Crippen LogP contribution in [-0.2, 0) is 0 Å². The van der Waals surface area contributed by atoms with E-state index in [1.54, 1.807) is 0 Å². The lowest BCUT2D eigenvalue weighted by atomic mass is 10.2. The Labute approximate surface area is 81.0 Å². The molecule has 3 heteroatoms. The van der Waals surface area contributed by atoms with Crippen LogP contribution < -0.4 is 0 Å². The van der Waals surface area contributed by atoms with E-state index in [1.165, 1.54) is 0 Å². The Morgan fingerprint density at radius 2 is 2.36 bits per heavy atom. The van der Waals surface area contributed by atoms with Gasteiger partial charge in [-0.25, -0.2) is 0 Å². The van der Waals surface area contributed by atoms with E-state index in [1.807, 2.05) is 35.3 Å². The number of benzene rings is 1. The summed E-state index contributed by atoms with van der Waals surface area (Å²) in [7, 11) is 0. The van der Waals surface area contributed by atoms with E-state index in [0.717, 1.165) is 16.6 Å². The van der Waals surface area contributed by atoms with E-state index < -0.39 is 0 Å². The van der Waals surface area contributed by atoms with Crippen LogP contribution in [0, 0.1) is 6.07 Å². The number of aromatic nitrogens is 3. The highest BCUT2D eigenvalue weighted by Crippen LogP contribution is 2.15. The smallest absolute Gasteiger partial charge is 0.0671 e. The van der Waals surface area contributed by atoms with Crippen LogP contribution in [0.25, 0.3) is 16.6 Å². The molecule has 1 N–H and O–H groups in total. The predicted molar refractivity (Wildman–Crippen MR) is 54.3 cm³/mol. The van der Waals surface area contributed by atoms with Crippen molar-refractivity contribution in [2.75, 3.05) is 0 Å². The third kappa shape index (κ3) is 1.03. The molecule has 3 nitrogen and oxygen atoms in total. The first-order chi connectivity index (χ1) is 6.93. The van der Waals surface area contributed by atoms with Crippen LogP contribution >= 0.6 is 0 Å². The largest absolute Gasteiger partial charge is 0.323 e. The molecule has 0 saturated heterocycles. The van der Waals surface area contributed by atoms with Crippen molar-refractivity contribution >= 4 is 10.9 Å². The van der Waals surface area contributed by atoms with E-state index in [4.69, 9.17) is 0 Å². The minimum Gasteiger partial charge on any atom is -0.323 e. The predicted octanol–water partition coefficient (Wildman–Crippen LogP) is 2.15.